The van der Waals surface area contributed by atoms with Crippen LogP contribution in [0.25, 0.3) is 0 Å². The Morgan fingerprint density at radius 3 is 2.12 bits per heavy atom. The van der Waals surface area contributed by atoms with Gasteiger partial charge in [0.25, 0.3) is 0 Å². The molecule has 0 bridgehead atoms. The van der Waals surface area contributed by atoms with Gasteiger partial charge in [-0.05, 0) is 43.3 Å². The van der Waals surface area contributed by atoms with Crippen LogP contribution in [0.3, 0.4) is 0 Å². The van der Waals surface area contributed by atoms with Crippen molar-refractivity contribution in [2.45, 2.75) is 17.5 Å². The number of anilines is 1. The third-order valence-corrected chi connectivity index (χ3v) is 7.74. The zero-order valence-electron chi connectivity index (χ0n) is 16.7. The highest BCUT2D eigenvalue weighted by atomic mass is 35.5. The van der Waals surface area contributed by atoms with E-state index >= 15 is 0 Å². The average molecular weight is 508 g/mol. The molecule has 1 atom stereocenters. The molecule has 0 saturated heterocycles. The highest BCUT2D eigenvalue weighted by Gasteiger charge is 2.48. The summed E-state index contributed by atoms with van der Waals surface area (Å²) in [5.41, 5.74) is 0.237. The number of ketones is 1. The van der Waals surface area contributed by atoms with E-state index < -0.39 is 21.5 Å². The first-order valence-electron chi connectivity index (χ1n) is 9.48. The van der Waals surface area contributed by atoms with Crippen molar-refractivity contribution in [3.63, 3.8) is 0 Å². The minimum atomic E-state index is -4.11. The van der Waals surface area contributed by atoms with Crippen molar-refractivity contribution in [2.75, 3.05) is 5.32 Å². The normalized spacial score (nSPS) is 18.4. The highest BCUT2D eigenvalue weighted by molar-refractivity contribution is 7.89. The maximum absolute atomic E-state index is 13.4. The molecule has 2 N–H and O–H groups in total. The van der Waals surface area contributed by atoms with Gasteiger partial charge < -0.3 is 5.32 Å². The number of halogens is 3. The quantitative estimate of drug-likeness (QED) is 0.429. The molecule has 9 heteroatoms. The van der Waals surface area contributed by atoms with E-state index in [2.05, 4.69) is 10.0 Å². The van der Waals surface area contributed by atoms with E-state index in [1.54, 1.807) is 60.7 Å². The van der Waals surface area contributed by atoms with E-state index in [-0.39, 0.29) is 20.5 Å². The number of benzene rings is 3. The Balaban J connectivity index is 1.94. The molecule has 3 aromatic carbocycles. The van der Waals surface area contributed by atoms with Crippen molar-refractivity contribution >= 4 is 56.3 Å². The lowest BCUT2D eigenvalue weighted by Gasteiger charge is -2.40. The monoisotopic (exact) mass is 506 g/mol. The van der Waals surface area contributed by atoms with E-state index in [0.717, 1.165) is 5.56 Å². The molecule has 0 aromatic heterocycles. The maximum atomic E-state index is 13.4. The lowest BCUT2D eigenvalue weighted by molar-refractivity contribution is 0.103. The van der Waals surface area contributed by atoms with Crippen LogP contribution in [0.2, 0.25) is 5.02 Å². The number of nitrogens with one attached hydrogen (secondary N) is 2. The lowest BCUT2D eigenvalue weighted by Crippen LogP contribution is -2.54. The third kappa shape index (κ3) is 4.05. The summed E-state index contributed by atoms with van der Waals surface area (Å²) in [5, 5.41) is 3.18. The van der Waals surface area contributed by atoms with Gasteiger partial charge in [-0.2, -0.15) is 4.72 Å². The Kier molecular flexibility index (Phi) is 6.09. The SMILES string of the molecule is Cc1ccc(S(=O)(=O)NC2(Nc3ccc(Cl)cc3)C(Cl)=C(Cl)C(=O)c3ccccc32)cc1. The van der Waals surface area contributed by atoms with Crippen LogP contribution in [0.1, 0.15) is 21.5 Å². The second kappa shape index (κ2) is 8.54. The third-order valence-electron chi connectivity index (χ3n) is 5.09. The molecule has 1 aliphatic carbocycles. The van der Waals surface area contributed by atoms with Crippen LogP contribution in [0.4, 0.5) is 5.69 Å². The summed E-state index contributed by atoms with van der Waals surface area (Å²) in [6.07, 6.45) is 0. The largest absolute Gasteiger partial charge is 0.358 e. The van der Waals surface area contributed by atoms with Crippen LogP contribution in [-0.2, 0) is 15.7 Å². The summed E-state index contributed by atoms with van der Waals surface area (Å²) in [5.74, 6) is -0.490. The van der Waals surface area contributed by atoms with Gasteiger partial charge in [0.15, 0.2) is 5.66 Å². The number of aryl methyl sites for hydroxylation is 1. The number of hydrogen-bond donors (Lipinski definition) is 2. The van der Waals surface area contributed by atoms with Crippen molar-refractivity contribution in [1.29, 1.82) is 0 Å². The molecular weight excluding hydrogens is 491 g/mol. The van der Waals surface area contributed by atoms with Crippen molar-refractivity contribution in [2.24, 2.45) is 0 Å². The van der Waals surface area contributed by atoms with Gasteiger partial charge in [-0.25, -0.2) is 8.42 Å². The van der Waals surface area contributed by atoms with Crippen molar-refractivity contribution in [3.8, 4) is 0 Å². The fraction of sp³-hybridized carbons (Fsp3) is 0.0870. The van der Waals surface area contributed by atoms with Crippen LogP contribution < -0.4 is 10.0 Å². The van der Waals surface area contributed by atoms with Gasteiger partial charge in [-0.15, -0.1) is 0 Å². The Morgan fingerprint density at radius 1 is 0.844 bits per heavy atom. The molecule has 0 saturated carbocycles. The van der Waals surface area contributed by atoms with Gasteiger partial charge >= 0.3 is 0 Å². The van der Waals surface area contributed by atoms with Gasteiger partial charge in [0.05, 0.1) is 9.93 Å². The number of fused-ring (bicyclic) bond motifs is 1. The molecule has 32 heavy (non-hydrogen) atoms. The first-order valence-corrected chi connectivity index (χ1v) is 12.1. The average Bonchev–Trinajstić information content (AvgIpc) is 2.78. The predicted molar refractivity (Wildman–Crippen MR) is 128 cm³/mol. The molecule has 0 fully saturated rings. The topological polar surface area (TPSA) is 75.3 Å². The molecule has 3 aromatic rings. The molecular formula is C23H17Cl3N2O3S. The Labute approximate surface area is 201 Å². The Bertz CT molecular complexity index is 1340. The number of carbonyl (C=O) groups excluding carboxylic acids is 1. The minimum absolute atomic E-state index is 0.0374. The van der Waals surface area contributed by atoms with Gasteiger partial charge in [-0.1, -0.05) is 76.8 Å². The molecule has 1 aliphatic rings. The van der Waals surface area contributed by atoms with Gasteiger partial charge in [-0.3, -0.25) is 4.79 Å². The fourth-order valence-electron chi connectivity index (χ4n) is 3.48. The molecule has 1 unspecified atom stereocenters. The number of allylic oxidation sites excluding steroid dienone is 1. The van der Waals surface area contributed by atoms with Crippen molar-refractivity contribution in [3.05, 3.63) is 105 Å². The van der Waals surface area contributed by atoms with Crippen LogP contribution in [0.15, 0.2) is 87.8 Å². The molecule has 0 aliphatic heterocycles. The Hall–Kier alpha value is -2.35. The summed E-state index contributed by atoms with van der Waals surface area (Å²) < 4.78 is 29.5. The maximum Gasteiger partial charge on any atom is 0.243 e. The second-order valence-corrected chi connectivity index (χ2v) is 10.2. The second-order valence-electron chi connectivity index (χ2n) is 7.30. The van der Waals surface area contributed by atoms with Crippen LogP contribution >= 0.6 is 34.8 Å². The molecule has 164 valence electrons. The number of carbonyl (C=O) groups is 1. The van der Waals surface area contributed by atoms with E-state index in [1.165, 1.54) is 12.1 Å². The van der Waals surface area contributed by atoms with Crippen LogP contribution in [0, 0.1) is 6.92 Å². The highest BCUT2D eigenvalue weighted by Crippen LogP contribution is 2.44. The van der Waals surface area contributed by atoms with Crippen molar-refractivity contribution < 1.29 is 13.2 Å². The lowest BCUT2D eigenvalue weighted by atomic mass is 9.86. The molecule has 5 nitrogen and oxygen atoms in total. The van der Waals surface area contributed by atoms with E-state index in [0.29, 0.717) is 16.3 Å². The molecule has 0 radical (unpaired) electrons. The molecule has 0 amide bonds. The number of hydrogen-bond acceptors (Lipinski definition) is 4. The predicted octanol–water partition coefficient (Wildman–Crippen LogP) is 5.78. The summed E-state index contributed by atoms with van der Waals surface area (Å²) >= 11 is 18.9. The summed E-state index contributed by atoms with van der Waals surface area (Å²) in [6, 6.07) is 19.5. The zero-order chi connectivity index (χ0) is 23.1. The van der Waals surface area contributed by atoms with E-state index in [9.17, 15) is 13.2 Å². The van der Waals surface area contributed by atoms with E-state index in [1.807, 2.05) is 6.92 Å². The molecule has 0 spiro atoms. The van der Waals surface area contributed by atoms with Gasteiger partial charge in [0.2, 0.25) is 15.8 Å². The van der Waals surface area contributed by atoms with Crippen LogP contribution in [-0.4, -0.2) is 14.2 Å². The Morgan fingerprint density at radius 2 is 1.47 bits per heavy atom. The van der Waals surface area contributed by atoms with Gasteiger partial charge in [0, 0.05) is 21.8 Å². The summed E-state index contributed by atoms with van der Waals surface area (Å²) in [7, 11) is -4.11. The first kappa shape index (κ1) is 22.8. The fourth-order valence-corrected chi connectivity index (χ4v) is 5.47. The molecule has 4 rings (SSSR count). The summed E-state index contributed by atoms with van der Waals surface area (Å²) in [6.45, 7) is 1.86. The molecule has 0 heterocycles. The van der Waals surface area contributed by atoms with Crippen molar-refractivity contribution in [1.82, 2.24) is 4.72 Å². The summed E-state index contributed by atoms with van der Waals surface area (Å²) in [4.78, 5) is 12.8. The number of Topliss-reactive ketones (excluding diaryl/α,β-unsaturated/α-hetero) is 1. The van der Waals surface area contributed by atoms with Gasteiger partial charge in [0.1, 0.15) is 5.03 Å². The smallest absolute Gasteiger partial charge is 0.243 e. The minimum Gasteiger partial charge on any atom is -0.358 e. The number of rotatable bonds is 5. The van der Waals surface area contributed by atoms with E-state index in [4.69, 9.17) is 34.8 Å². The zero-order valence-corrected chi connectivity index (χ0v) is 19.8. The number of sulfonamides is 1. The standard InChI is InChI=1S/C23H17Cl3N2O3S/c1-14-6-12-17(13-7-14)32(30,31)28-23(27-16-10-8-15(24)9-11-16)19-5-3-2-4-18(19)21(29)20(25)22(23)26/h2-13,27-28H,1H3. The van der Waals surface area contributed by atoms with Crippen LogP contribution in [0.5, 0.6) is 0 Å². The first-order chi connectivity index (χ1) is 15.1.